The van der Waals surface area contributed by atoms with Crippen molar-refractivity contribution < 1.29 is 23.1 Å². The van der Waals surface area contributed by atoms with Gasteiger partial charge in [-0.2, -0.15) is 4.31 Å². The second-order valence-corrected chi connectivity index (χ2v) is 12.3. The molecule has 184 valence electrons. The highest BCUT2D eigenvalue weighted by Crippen LogP contribution is 2.30. The van der Waals surface area contributed by atoms with Crippen LogP contribution in [-0.2, 0) is 20.6 Å². The molecule has 0 unspecified atom stereocenters. The van der Waals surface area contributed by atoms with Crippen LogP contribution in [0.15, 0.2) is 57.8 Å². The zero-order valence-electron chi connectivity index (χ0n) is 18.3. The van der Waals surface area contributed by atoms with E-state index >= 15 is 0 Å². The van der Waals surface area contributed by atoms with Gasteiger partial charge < -0.3 is 10.4 Å². The summed E-state index contributed by atoms with van der Waals surface area (Å²) in [5, 5.41) is 21.3. The van der Waals surface area contributed by atoms with Crippen molar-refractivity contribution in [2.75, 3.05) is 18.4 Å². The van der Waals surface area contributed by atoms with Gasteiger partial charge in [-0.15, -0.1) is 10.2 Å². The summed E-state index contributed by atoms with van der Waals surface area (Å²) in [7, 11) is -3.98. The summed E-state index contributed by atoms with van der Waals surface area (Å²) in [4.78, 5) is 23.9. The third kappa shape index (κ3) is 6.19. The fourth-order valence-corrected chi connectivity index (χ4v) is 7.11. The highest BCUT2D eigenvalue weighted by molar-refractivity contribution is 8.00. The fraction of sp³-hybridized carbons (Fsp3) is 0.273. The Hall–Kier alpha value is -2.51. The van der Waals surface area contributed by atoms with Gasteiger partial charge in [-0.05, 0) is 42.7 Å². The Morgan fingerprint density at radius 1 is 1.11 bits per heavy atom. The van der Waals surface area contributed by atoms with Crippen molar-refractivity contribution in [1.82, 2.24) is 14.5 Å². The molecule has 0 saturated carbocycles. The van der Waals surface area contributed by atoms with Crippen molar-refractivity contribution in [2.45, 2.75) is 27.8 Å². The predicted molar refractivity (Wildman–Crippen MR) is 134 cm³/mol. The Kier molecular flexibility index (Phi) is 8.07. The molecule has 1 aliphatic heterocycles. The topological polar surface area (TPSA) is 130 Å². The number of aromatic nitrogens is 2. The quantitative estimate of drug-likeness (QED) is 0.314. The summed E-state index contributed by atoms with van der Waals surface area (Å²) in [6.45, 7) is 0.235. The van der Waals surface area contributed by atoms with Crippen molar-refractivity contribution in [3.8, 4) is 0 Å². The zero-order chi connectivity index (χ0) is 25.0. The molecule has 4 rings (SSSR count). The monoisotopic (exact) mass is 552 g/mol. The van der Waals surface area contributed by atoms with E-state index in [1.807, 2.05) is 24.3 Å². The van der Waals surface area contributed by atoms with Crippen LogP contribution < -0.4 is 5.32 Å². The van der Waals surface area contributed by atoms with Crippen molar-refractivity contribution in [1.29, 1.82) is 0 Å². The van der Waals surface area contributed by atoms with Crippen LogP contribution in [0.25, 0.3) is 0 Å². The number of hydrogen-bond donors (Lipinski definition) is 2. The Morgan fingerprint density at radius 2 is 1.80 bits per heavy atom. The number of carbonyl (C=O) groups is 2. The highest BCUT2D eigenvalue weighted by Gasteiger charge is 2.34. The Bertz CT molecular complexity index is 1320. The van der Waals surface area contributed by atoms with Gasteiger partial charge >= 0.3 is 5.97 Å². The lowest BCUT2D eigenvalue weighted by Crippen LogP contribution is -2.41. The van der Waals surface area contributed by atoms with Crippen LogP contribution in [0.3, 0.4) is 0 Å². The molecule has 0 bridgehead atoms. The Morgan fingerprint density at radius 3 is 2.49 bits per heavy atom. The second kappa shape index (κ2) is 11.0. The SMILES string of the molecule is O=C(O)c1ccccc1S(=O)(=O)N1CCC(C(=O)Nc2nnc(SCc3ccc(Cl)cc3)s2)CC1. The van der Waals surface area contributed by atoms with Crippen LogP contribution in [0.4, 0.5) is 5.13 Å². The van der Waals surface area contributed by atoms with E-state index in [1.165, 1.54) is 51.7 Å². The number of rotatable bonds is 8. The smallest absolute Gasteiger partial charge is 0.337 e. The normalized spacial score (nSPS) is 15.1. The minimum atomic E-state index is -3.98. The molecule has 3 aromatic rings. The number of benzene rings is 2. The van der Waals surface area contributed by atoms with Crippen LogP contribution in [-0.4, -0.2) is 53.0 Å². The van der Waals surface area contributed by atoms with Crippen molar-refractivity contribution in [2.24, 2.45) is 5.92 Å². The molecule has 2 heterocycles. The molecule has 0 aliphatic carbocycles. The molecule has 1 aliphatic rings. The summed E-state index contributed by atoms with van der Waals surface area (Å²) in [5.41, 5.74) is 0.821. The lowest BCUT2D eigenvalue weighted by Gasteiger charge is -2.30. The number of thioether (sulfide) groups is 1. The molecule has 9 nitrogen and oxygen atoms in total. The van der Waals surface area contributed by atoms with E-state index in [0.29, 0.717) is 33.1 Å². The number of carboxylic acids is 1. The fourth-order valence-electron chi connectivity index (χ4n) is 3.62. The second-order valence-electron chi connectivity index (χ2n) is 7.76. The van der Waals surface area contributed by atoms with Crippen molar-refractivity contribution >= 4 is 61.7 Å². The van der Waals surface area contributed by atoms with E-state index < -0.39 is 16.0 Å². The summed E-state index contributed by atoms with van der Waals surface area (Å²) < 4.78 is 27.9. The van der Waals surface area contributed by atoms with Gasteiger partial charge in [-0.1, -0.05) is 59.0 Å². The number of sulfonamides is 1. The average molecular weight is 553 g/mol. The van der Waals surface area contributed by atoms with E-state index in [2.05, 4.69) is 15.5 Å². The number of amides is 1. The molecule has 1 aromatic heterocycles. The number of anilines is 1. The molecule has 2 N–H and O–H groups in total. The third-order valence-corrected chi connectivity index (χ3v) is 9.72. The lowest BCUT2D eigenvalue weighted by molar-refractivity contribution is -0.120. The first-order valence-corrected chi connectivity index (χ1v) is 14.2. The van der Waals surface area contributed by atoms with Crippen LogP contribution in [0.1, 0.15) is 28.8 Å². The third-order valence-electron chi connectivity index (χ3n) is 5.47. The molecule has 0 radical (unpaired) electrons. The van der Waals surface area contributed by atoms with Crippen LogP contribution in [0, 0.1) is 5.92 Å². The molecule has 1 fully saturated rings. The Balaban J connectivity index is 1.31. The van der Waals surface area contributed by atoms with Gasteiger partial charge in [0.05, 0.1) is 10.5 Å². The van der Waals surface area contributed by atoms with Crippen molar-refractivity contribution in [3.63, 3.8) is 0 Å². The first-order chi connectivity index (χ1) is 16.7. The number of halogens is 1. The predicted octanol–water partition coefficient (Wildman–Crippen LogP) is 4.22. The Labute approximate surface area is 215 Å². The van der Waals surface area contributed by atoms with Crippen LogP contribution >= 0.6 is 34.7 Å². The highest BCUT2D eigenvalue weighted by atomic mass is 35.5. The lowest BCUT2D eigenvalue weighted by atomic mass is 9.97. The van der Waals surface area contributed by atoms with Gasteiger partial charge in [0.2, 0.25) is 21.1 Å². The maximum absolute atomic E-state index is 13.0. The summed E-state index contributed by atoms with van der Waals surface area (Å²) in [6.07, 6.45) is 0.633. The minimum Gasteiger partial charge on any atom is -0.478 e. The summed E-state index contributed by atoms with van der Waals surface area (Å²) in [6, 6.07) is 13.0. The molecule has 13 heteroatoms. The molecule has 0 atom stereocenters. The molecular weight excluding hydrogens is 532 g/mol. The van der Waals surface area contributed by atoms with Gasteiger partial charge in [0, 0.05) is 29.8 Å². The maximum atomic E-state index is 13.0. The van der Waals surface area contributed by atoms with Gasteiger partial charge in [-0.25, -0.2) is 13.2 Å². The van der Waals surface area contributed by atoms with Crippen molar-refractivity contribution in [3.05, 3.63) is 64.7 Å². The van der Waals surface area contributed by atoms with E-state index in [1.54, 1.807) is 0 Å². The number of aromatic carboxylic acids is 1. The molecule has 35 heavy (non-hydrogen) atoms. The molecule has 2 aromatic carbocycles. The molecule has 1 amide bonds. The van der Waals surface area contributed by atoms with Gasteiger partial charge in [0.25, 0.3) is 0 Å². The number of carboxylic acid groups (broad SMARTS) is 1. The van der Waals surface area contributed by atoms with Crippen LogP contribution in [0.5, 0.6) is 0 Å². The largest absolute Gasteiger partial charge is 0.478 e. The van der Waals surface area contributed by atoms with E-state index in [0.717, 1.165) is 5.56 Å². The number of piperidine rings is 1. The minimum absolute atomic E-state index is 0.118. The summed E-state index contributed by atoms with van der Waals surface area (Å²) >= 11 is 8.68. The maximum Gasteiger partial charge on any atom is 0.337 e. The van der Waals surface area contributed by atoms with Gasteiger partial charge in [0.1, 0.15) is 0 Å². The zero-order valence-corrected chi connectivity index (χ0v) is 21.5. The van der Waals surface area contributed by atoms with E-state index in [9.17, 15) is 23.1 Å². The number of hydrogen-bond acceptors (Lipinski definition) is 8. The van der Waals surface area contributed by atoms with Crippen LogP contribution in [0.2, 0.25) is 5.02 Å². The first-order valence-electron chi connectivity index (χ1n) is 10.6. The van der Waals surface area contributed by atoms with E-state index in [-0.39, 0.29) is 35.4 Å². The summed E-state index contributed by atoms with van der Waals surface area (Å²) in [5.74, 6) is -1.23. The number of nitrogens with zero attached hydrogens (tertiary/aromatic N) is 3. The first kappa shape index (κ1) is 25.6. The standard InChI is InChI=1S/C22H21ClN4O5S3/c23-16-7-5-14(6-8-16)13-33-22-26-25-21(34-22)24-19(28)15-9-11-27(12-10-15)35(31,32)18-4-2-1-3-17(18)20(29)30/h1-8,15H,9-13H2,(H,29,30)(H,24,25,28). The van der Waals surface area contributed by atoms with E-state index in [4.69, 9.17) is 11.6 Å². The molecular formula is C22H21ClN4O5S3. The van der Waals surface area contributed by atoms with Gasteiger partial charge in [-0.3, -0.25) is 4.79 Å². The number of nitrogens with one attached hydrogen (secondary N) is 1. The number of carbonyl (C=O) groups excluding carboxylic acids is 1. The van der Waals surface area contributed by atoms with Gasteiger partial charge in [0.15, 0.2) is 4.34 Å². The average Bonchev–Trinajstić information content (AvgIpc) is 3.31. The molecule has 0 spiro atoms. The molecule has 1 saturated heterocycles.